The molecule has 0 heterocycles. The Morgan fingerprint density at radius 1 is 1.00 bits per heavy atom. The molecule has 0 spiro atoms. The predicted octanol–water partition coefficient (Wildman–Crippen LogP) is -1.10. The van der Waals surface area contributed by atoms with Crippen LogP contribution in [-0.2, 0) is 29.1 Å². The molecule has 0 atom stereocenters. The molecule has 84 valence electrons. The molecule has 0 saturated heterocycles. The van der Waals surface area contributed by atoms with E-state index in [1.807, 2.05) is 6.07 Å². The van der Waals surface area contributed by atoms with Crippen LogP contribution in [0.25, 0.3) is 0 Å². The van der Waals surface area contributed by atoms with Crippen molar-refractivity contribution in [2.45, 2.75) is 13.8 Å². The Kier molecular flexibility index (Phi) is 17.0. The monoisotopic (exact) mass is 276 g/mol. The van der Waals surface area contributed by atoms with E-state index in [1.54, 1.807) is 24.3 Å². The SMILES string of the molecule is CC(=O)[O-].CC(=O)[O-].Oc1ccccc1.[Zn+2]. The number of benzene rings is 1. The Morgan fingerprint density at radius 2 is 1.25 bits per heavy atom. The molecule has 0 amide bonds. The summed E-state index contributed by atoms with van der Waals surface area (Å²) in [5.74, 6) is -1.84. The zero-order chi connectivity index (χ0) is 12.3. The molecule has 0 aliphatic carbocycles. The number of carbonyl (C=O) groups excluding carboxylic acids is 2. The van der Waals surface area contributed by atoms with Crippen molar-refractivity contribution in [1.29, 1.82) is 0 Å². The van der Waals surface area contributed by atoms with Gasteiger partial charge in [0.2, 0.25) is 0 Å². The summed E-state index contributed by atoms with van der Waals surface area (Å²) in [6.07, 6.45) is 0. The first kappa shape index (κ1) is 20.1. The molecule has 1 aromatic rings. The van der Waals surface area contributed by atoms with Crippen LogP contribution in [0.3, 0.4) is 0 Å². The van der Waals surface area contributed by atoms with Crippen molar-refractivity contribution in [3.05, 3.63) is 30.3 Å². The standard InChI is InChI=1S/C6H6O.2C2H4O2.Zn/c7-6-4-2-1-3-5-6;2*1-2(3)4;/h1-5,7H;2*1H3,(H,3,4);/q;;;+2/p-2. The van der Waals surface area contributed by atoms with E-state index in [4.69, 9.17) is 24.9 Å². The zero-order valence-electron chi connectivity index (χ0n) is 9.17. The van der Waals surface area contributed by atoms with Gasteiger partial charge in [-0.3, -0.25) is 0 Å². The molecule has 0 unspecified atom stereocenters. The first-order chi connectivity index (χ1) is 6.86. The average molecular weight is 278 g/mol. The van der Waals surface area contributed by atoms with Gasteiger partial charge in [-0.1, -0.05) is 18.2 Å². The van der Waals surface area contributed by atoms with E-state index in [9.17, 15) is 0 Å². The summed E-state index contributed by atoms with van der Waals surface area (Å²) in [6.45, 7) is 1.94. The van der Waals surface area contributed by atoms with Gasteiger partial charge in [0.1, 0.15) is 5.75 Å². The minimum absolute atomic E-state index is 0. The fourth-order valence-corrected chi connectivity index (χ4v) is 0.428. The summed E-state index contributed by atoms with van der Waals surface area (Å²) in [6, 6.07) is 8.71. The van der Waals surface area contributed by atoms with Gasteiger partial charge in [0.15, 0.2) is 0 Å². The van der Waals surface area contributed by atoms with Gasteiger partial charge < -0.3 is 24.9 Å². The Balaban J connectivity index is -0.000000166. The summed E-state index contributed by atoms with van der Waals surface area (Å²) in [4.78, 5) is 17.8. The molecule has 0 aromatic heterocycles. The van der Waals surface area contributed by atoms with Crippen molar-refractivity contribution >= 4 is 11.9 Å². The topological polar surface area (TPSA) is 100 Å². The van der Waals surface area contributed by atoms with Crippen molar-refractivity contribution in [2.75, 3.05) is 0 Å². The number of aliphatic carboxylic acids is 2. The summed E-state index contributed by atoms with van der Waals surface area (Å²) in [5.41, 5.74) is 0. The minimum Gasteiger partial charge on any atom is -0.550 e. The first-order valence-corrected chi connectivity index (χ1v) is 3.95. The largest absolute Gasteiger partial charge is 2.00 e. The molecule has 0 radical (unpaired) electrons. The summed E-state index contributed by atoms with van der Waals surface area (Å²) in [7, 11) is 0. The molecule has 5 nitrogen and oxygen atoms in total. The van der Waals surface area contributed by atoms with Crippen molar-refractivity contribution in [3.63, 3.8) is 0 Å². The third kappa shape index (κ3) is 39.0. The number of phenols is 1. The Hall–Kier alpha value is -1.42. The van der Waals surface area contributed by atoms with Crippen LogP contribution >= 0.6 is 0 Å². The van der Waals surface area contributed by atoms with Crippen LogP contribution in [0, 0.1) is 0 Å². The van der Waals surface area contributed by atoms with E-state index in [0.717, 1.165) is 13.8 Å². The van der Waals surface area contributed by atoms with Gasteiger partial charge in [0, 0.05) is 11.9 Å². The maximum Gasteiger partial charge on any atom is 2.00 e. The van der Waals surface area contributed by atoms with Crippen LogP contribution in [0.2, 0.25) is 0 Å². The average Bonchev–Trinajstić information content (AvgIpc) is 2.03. The maximum atomic E-state index is 8.89. The van der Waals surface area contributed by atoms with Gasteiger partial charge in [-0.15, -0.1) is 0 Å². The molecular weight excluding hydrogens is 265 g/mol. The van der Waals surface area contributed by atoms with Crippen LogP contribution in [-0.4, -0.2) is 17.0 Å². The zero-order valence-corrected chi connectivity index (χ0v) is 12.1. The number of carboxylic acids is 2. The number of hydrogen-bond donors (Lipinski definition) is 1. The van der Waals surface area contributed by atoms with Gasteiger partial charge in [-0.25, -0.2) is 0 Å². The van der Waals surface area contributed by atoms with Crippen molar-refractivity contribution < 1.29 is 44.4 Å². The van der Waals surface area contributed by atoms with Crippen molar-refractivity contribution in [2.24, 2.45) is 0 Å². The first-order valence-electron chi connectivity index (χ1n) is 3.95. The number of carboxylic acid groups (broad SMARTS) is 2. The summed E-state index contributed by atoms with van der Waals surface area (Å²) < 4.78 is 0. The molecule has 1 N–H and O–H groups in total. The Bertz CT molecular complexity index is 267. The van der Waals surface area contributed by atoms with Gasteiger partial charge in [-0.05, 0) is 26.0 Å². The number of hydrogen-bond acceptors (Lipinski definition) is 5. The molecule has 0 saturated carbocycles. The number of phenolic OH excluding ortho intramolecular Hbond substituents is 1. The van der Waals surface area contributed by atoms with Crippen LogP contribution in [0.5, 0.6) is 5.75 Å². The molecule has 6 heteroatoms. The molecule has 0 fully saturated rings. The Labute approximate surface area is 106 Å². The van der Waals surface area contributed by atoms with Crippen LogP contribution in [0.1, 0.15) is 13.8 Å². The molecule has 1 aromatic carbocycles. The number of aromatic hydroxyl groups is 1. The fourth-order valence-electron chi connectivity index (χ4n) is 0.428. The quantitative estimate of drug-likeness (QED) is 0.607. The van der Waals surface area contributed by atoms with E-state index in [1.165, 1.54) is 0 Å². The second-order valence-corrected chi connectivity index (χ2v) is 2.32. The molecule has 0 aliphatic heterocycles. The normalized spacial score (nSPS) is 6.88. The third-order valence-electron chi connectivity index (χ3n) is 0.756. The molecule has 0 bridgehead atoms. The van der Waals surface area contributed by atoms with Crippen molar-refractivity contribution in [1.82, 2.24) is 0 Å². The van der Waals surface area contributed by atoms with Gasteiger partial charge >= 0.3 is 19.5 Å². The number of carbonyl (C=O) groups is 2. The van der Waals surface area contributed by atoms with E-state index in [-0.39, 0.29) is 19.5 Å². The Morgan fingerprint density at radius 3 is 1.38 bits per heavy atom. The van der Waals surface area contributed by atoms with Crippen LogP contribution < -0.4 is 10.2 Å². The van der Waals surface area contributed by atoms with E-state index >= 15 is 0 Å². The summed E-state index contributed by atoms with van der Waals surface area (Å²) >= 11 is 0. The number of rotatable bonds is 0. The molecular formula is C10H12O5Zn. The second kappa shape index (κ2) is 13.6. The minimum atomic E-state index is -1.08. The molecule has 0 aliphatic rings. The van der Waals surface area contributed by atoms with Crippen molar-refractivity contribution in [3.8, 4) is 5.75 Å². The van der Waals surface area contributed by atoms with Crippen LogP contribution in [0.15, 0.2) is 30.3 Å². The van der Waals surface area contributed by atoms with Crippen LogP contribution in [0.4, 0.5) is 0 Å². The van der Waals surface area contributed by atoms with Gasteiger partial charge in [0.05, 0.1) is 0 Å². The number of para-hydroxylation sites is 1. The fraction of sp³-hybridized carbons (Fsp3) is 0.200. The van der Waals surface area contributed by atoms with E-state index < -0.39 is 11.9 Å². The second-order valence-electron chi connectivity index (χ2n) is 2.32. The summed E-state index contributed by atoms with van der Waals surface area (Å²) in [5, 5.41) is 26.4. The van der Waals surface area contributed by atoms with Gasteiger partial charge in [-0.2, -0.15) is 0 Å². The maximum absolute atomic E-state index is 8.89. The van der Waals surface area contributed by atoms with E-state index in [0.29, 0.717) is 5.75 Å². The van der Waals surface area contributed by atoms with Gasteiger partial charge in [0.25, 0.3) is 0 Å². The third-order valence-corrected chi connectivity index (χ3v) is 0.756. The molecule has 1 rings (SSSR count). The predicted molar refractivity (Wildman–Crippen MR) is 49.5 cm³/mol. The smallest absolute Gasteiger partial charge is 0.550 e. The molecule has 16 heavy (non-hydrogen) atoms. The van der Waals surface area contributed by atoms with E-state index in [2.05, 4.69) is 0 Å².